The standard InChI is InChI=1S/C26H34BrNO4/c1-3-24(30)22-17-19(5-7-25(22)31-2)8-11-28-12-9-20(10-13-28)16-21-4-6-23(27)26(18-21)32-15-14-29/h4-7,17-18,20,29H,3,8-16H2,1-2H3. The molecule has 5 nitrogen and oxygen atoms in total. The van der Waals surface area contributed by atoms with Crippen LogP contribution in [0, 0.1) is 5.92 Å². The number of aliphatic hydroxyl groups excluding tert-OH is 1. The van der Waals surface area contributed by atoms with E-state index in [4.69, 9.17) is 14.6 Å². The number of methoxy groups -OCH3 is 1. The number of hydrogen-bond acceptors (Lipinski definition) is 5. The van der Waals surface area contributed by atoms with E-state index < -0.39 is 0 Å². The summed E-state index contributed by atoms with van der Waals surface area (Å²) in [6.45, 7) is 5.43. The molecule has 0 atom stereocenters. The van der Waals surface area contributed by atoms with Crippen LogP contribution in [0.2, 0.25) is 0 Å². The van der Waals surface area contributed by atoms with Crippen molar-refractivity contribution in [2.24, 2.45) is 5.92 Å². The molecule has 0 spiro atoms. The van der Waals surface area contributed by atoms with Crippen molar-refractivity contribution in [3.8, 4) is 11.5 Å². The molecule has 0 amide bonds. The Labute approximate surface area is 199 Å². The summed E-state index contributed by atoms with van der Waals surface area (Å²) in [6.07, 6.45) is 4.85. The smallest absolute Gasteiger partial charge is 0.166 e. The van der Waals surface area contributed by atoms with Gasteiger partial charge < -0.3 is 19.5 Å². The van der Waals surface area contributed by atoms with Crippen LogP contribution in [-0.4, -0.2) is 55.7 Å². The van der Waals surface area contributed by atoms with Crippen molar-refractivity contribution < 1.29 is 19.4 Å². The summed E-state index contributed by atoms with van der Waals surface area (Å²) in [5.41, 5.74) is 3.17. The average Bonchev–Trinajstić information content (AvgIpc) is 2.83. The summed E-state index contributed by atoms with van der Waals surface area (Å²) in [5.74, 6) is 2.27. The first-order valence-electron chi connectivity index (χ1n) is 11.5. The number of carbonyl (C=O) groups excluding carboxylic acids is 1. The van der Waals surface area contributed by atoms with Gasteiger partial charge in [-0.25, -0.2) is 0 Å². The van der Waals surface area contributed by atoms with Crippen LogP contribution in [0.15, 0.2) is 40.9 Å². The number of halogens is 1. The Balaban J connectivity index is 1.49. The molecule has 0 unspecified atom stereocenters. The molecule has 3 rings (SSSR count). The highest BCUT2D eigenvalue weighted by atomic mass is 79.9. The number of nitrogens with zero attached hydrogens (tertiary/aromatic N) is 1. The summed E-state index contributed by atoms with van der Waals surface area (Å²) >= 11 is 3.52. The number of piperidine rings is 1. The third-order valence-electron chi connectivity index (χ3n) is 6.18. The maximum absolute atomic E-state index is 12.2. The van der Waals surface area contributed by atoms with E-state index in [-0.39, 0.29) is 12.4 Å². The van der Waals surface area contributed by atoms with E-state index >= 15 is 0 Å². The molecule has 1 aliphatic heterocycles. The second-order valence-electron chi connectivity index (χ2n) is 8.39. The molecule has 2 aromatic carbocycles. The van der Waals surface area contributed by atoms with Crippen molar-refractivity contribution in [3.63, 3.8) is 0 Å². The molecule has 1 aliphatic rings. The van der Waals surface area contributed by atoms with Crippen LogP contribution in [0.4, 0.5) is 0 Å². The molecule has 6 heteroatoms. The molecule has 1 saturated heterocycles. The Kier molecular flexibility index (Phi) is 9.57. The third-order valence-corrected chi connectivity index (χ3v) is 6.83. The number of ether oxygens (including phenoxy) is 2. The molecule has 0 aromatic heterocycles. The predicted molar refractivity (Wildman–Crippen MR) is 131 cm³/mol. The van der Waals surface area contributed by atoms with Gasteiger partial charge in [0.1, 0.15) is 18.1 Å². The molecule has 0 bridgehead atoms. The van der Waals surface area contributed by atoms with Gasteiger partial charge in [-0.2, -0.15) is 0 Å². The van der Waals surface area contributed by atoms with Crippen molar-refractivity contribution in [2.45, 2.75) is 39.0 Å². The van der Waals surface area contributed by atoms with Crippen molar-refractivity contribution in [1.29, 1.82) is 0 Å². The van der Waals surface area contributed by atoms with Crippen LogP contribution < -0.4 is 9.47 Å². The quantitative estimate of drug-likeness (QED) is 0.441. The van der Waals surface area contributed by atoms with Gasteiger partial charge in [0.15, 0.2) is 5.78 Å². The molecule has 32 heavy (non-hydrogen) atoms. The summed E-state index contributed by atoms with van der Waals surface area (Å²) in [6, 6.07) is 12.3. The van der Waals surface area contributed by atoms with Gasteiger partial charge in [0.05, 0.1) is 23.8 Å². The van der Waals surface area contributed by atoms with E-state index in [2.05, 4.69) is 39.0 Å². The Bertz CT molecular complexity index is 893. The first kappa shape index (κ1) is 24.7. The molecule has 174 valence electrons. The molecule has 1 heterocycles. The Morgan fingerprint density at radius 3 is 2.56 bits per heavy atom. The fraction of sp³-hybridized carbons (Fsp3) is 0.500. The minimum absolute atomic E-state index is 0.0158. The topological polar surface area (TPSA) is 59.0 Å². The summed E-state index contributed by atoms with van der Waals surface area (Å²) in [7, 11) is 1.61. The van der Waals surface area contributed by atoms with Crippen LogP contribution in [0.25, 0.3) is 0 Å². The first-order chi connectivity index (χ1) is 15.5. The van der Waals surface area contributed by atoms with Gasteiger partial charge in [-0.15, -0.1) is 0 Å². The van der Waals surface area contributed by atoms with Crippen LogP contribution in [0.3, 0.4) is 0 Å². The van der Waals surface area contributed by atoms with E-state index in [1.807, 2.05) is 25.1 Å². The zero-order valence-corrected chi connectivity index (χ0v) is 20.7. The van der Waals surface area contributed by atoms with E-state index in [1.54, 1.807) is 7.11 Å². The molecular weight excluding hydrogens is 470 g/mol. The first-order valence-corrected chi connectivity index (χ1v) is 12.3. The van der Waals surface area contributed by atoms with Gasteiger partial charge in [0.2, 0.25) is 0 Å². The monoisotopic (exact) mass is 503 g/mol. The maximum atomic E-state index is 12.2. The van der Waals surface area contributed by atoms with E-state index in [0.29, 0.717) is 30.3 Å². The van der Waals surface area contributed by atoms with Gasteiger partial charge in [0, 0.05) is 13.0 Å². The van der Waals surface area contributed by atoms with Crippen LogP contribution in [0.1, 0.15) is 47.7 Å². The number of likely N-dealkylation sites (tertiary alicyclic amines) is 1. The largest absolute Gasteiger partial charge is 0.496 e. The van der Waals surface area contributed by atoms with E-state index in [9.17, 15) is 4.79 Å². The summed E-state index contributed by atoms with van der Waals surface area (Å²) < 4.78 is 11.9. The number of Topliss-reactive ketones (excluding diaryl/α,β-unsaturated/α-hetero) is 1. The fourth-order valence-electron chi connectivity index (χ4n) is 4.29. The lowest BCUT2D eigenvalue weighted by molar-refractivity contribution is 0.0985. The van der Waals surface area contributed by atoms with Crippen molar-refractivity contribution in [1.82, 2.24) is 4.90 Å². The van der Waals surface area contributed by atoms with Gasteiger partial charge in [-0.3, -0.25) is 4.79 Å². The average molecular weight is 504 g/mol. The second kappa shape index (κ2) is 12.4. The highest BCUT2D eigenvalue weighted by Crippen LogP contribution is 2.29. The second-order valence-corrected chi connectivity index (χ2v) is 9.24. The lowest BCUT2D eigenvalue weighted by atomic mass is 9.90. The molecule has 1 N–H and O–H groups in total. The van der Waals surface area contributed by atoms with E-state index in [1.165, 1.54) is 24.0 Å². The zero-order valence-electron chi connectivity index (χ0n) is 19.1. The molecule has 0 saturated carbocycles. The maximum Gasteiger partial charge on any atom is 0.166 e. The van der Waals surface area contributed by atoms with Gasteiger partial charge in [-0.05, 0) is 96.0 Å². The number of aliphatic hydroxyl groups is 1. The number of ketones is 1. The highest BCUT2D eigenvalue weighted by Gasteiger charge is 2.20. The molecule has 2 aromatic rings. The van der Waals surface area contributed by atoms with Gasteiger partial charge in [0.25, 0.3) is 0 Å². The van der Waals surface area contributed by atoms with Crippen LogP contribution in [0.5, 0.6) is 11.5 Å². The molecular formula is C26H34BrNO4. The Morgan fingerprint density at radius 1 is 1.12 bits per heavy atom. The number of benzene rings is 2. The SMILES string of the molecule is CCC(=O)c1cc(CCN2CCC(Cc3ccc(Br)c(OCCO)c3)CC2)ccc1OC. The molecule has 0 aliphatic carbocycles. The van der Waals surface area contributed by atoms with E-state index in [0.717, 1.165) is 42.7 Å². The fourth-order valence-corrected chi connectivity index (χ4v) is 4.66. The predicted octanol–water partition coefficient (Wildman–Crippen LogP) is 4.92. The summed E-state index contributed by atoms with van der Waals surface area (Å²) in [4.78, 5) is 14.7. The highest BCUT2D eigenvalue weighted by molar-refractivity contribution is 9.10. The minimum Gasteiger partial charge on any atom is -0.496 e. The number of hydrogen-bond donors (Lipinski definition) is 1. The van der Waals surface area contributed by atoms with Crippen LogP contribution in [-0.2, 0) is 12.8 Å². The molecule has 1 fully saturated rings. The Hall–Kier alpha value is -1.89. The number of rotatable bonds is 11. The van der Waals surface area contributed by atoms with Crippen molar-refractivity contribution in [2.75, 3.05) is 40.0 Å². The van der Waals surface area contributed by atoms with Gasteiger partial charge in [-0.1, -0.05) is 19.1 Å². The third kappa shape index (κ3) is 6.80. The molecule has 0 radical (unpaired) electrons. The minimum atomic E-state index is 0.0158. The lowest BCUT2D eigenvalue weighted by Crippen LogP contribution is -2.35. The van der Waals surface area contributed by atoms with Crippen molar-refractivity contribution >= 4 is 21.7 Å². The van der Waals surface area contributed by atoms with Gasteiger partial charge >= 0.3 is 0 Å². The summed E-state index contributed by atoms with van der Waals surface area (Å²) in [5, 5.41) is 9.00. The number of carbonyl (C=O) groups is 1. The van der Waals surface area contributed by atoms with Crippen molar-refractivity contribution in [3.05, 3.63) is 57.6 Å². The normalized spacial score (nSPS) is 15.0. The Morgan fingerprint density at radius 2 is 1.88 bits per heavy atom. The van der Waals surface area contributed by atoms with Crippen LogP contribution >= 0.6 is 15.9 Å². The zero-order chi connectivity index (χ0) is 22.9. The lowest BCUT2D eigenvalue weighted by Gasteiger charge is -2.32.